The fraction of sp³-hybridized carbons (Fsp3) is 0.600. The van der Waals surface area contributed by atoms with Crippen molar-refractivity contribution in [3.63, 3.8) is 0 Å². The largest absolute Gasteiger partial charge is 0.274 e. The third-order valence-electron chi connectivity index (χ3n) is 2.05. The van der Waals surface area contributed by atoms with Crippen LogP contribution in [0.25, 0.3) is 0 Å². The molecule has 0 spiro atoms. The van der Waals surface area contributed by atoms with Crippen LogP contribution in [0, 0.1) is 5.92 Å². The maximum absolute atomic E-state index is 11.2. The molecule has 0 aromatic carbocycles. The van der Waals surface area contributed by atoms with Gasteiger partial charge in [0, 0.05) is 6.54 Å². The molecule has 0 atom stereocenters. The van der Waals surface area contributed by atoms with Crippen LogP contribution in [0.1, 0.15) is 37.0 Å². The molecule has 5 heteroatoms. The summed E-state index contributed by atoms with van der Waals surface area (Å²) in [4.78, 5) is 11.2. The quantitative estimate of drug-likeness (QED) is 0.799. The van der Waals surface area contributed by atoms with Gasteiger partial charge in [0.2, 0.25) is 0 Å². The van der Waals surface area contributed by atoms with Gasteiger partial charge < -0.3 is 0 Å². The van der Waals surface area contributed by atoms with Crippen LogP contribution in [-0.4, -0.2) is 15.0 Å². The number of halogens is 2. The average Bonchev–Trinajstić information content (AvgIpc) is 2.42. The van der Waals surface area contributed by atoms with Crippen LogP contribution >= 0.6 is 27.5 Å². The molecule has 84 valence electrons. The molecule has 0 radical (unpaired) electrons. The highest BCUT2D eigenvalue weighted by atomic mass is 79.9. The highest BCUT2D eigenvalue weighted by Gasteiger charge is 2.19. The Kier molecular flexibility index (Phi) is 4.34. The molecular formula is C10H14BrClN2O. The number of hydrogen-bond acceptors (Lipinski definition) is 2. The maximum Gasteiger partial charge on any atom is 0.271 e. The second-order valence-corrected chi connectivity index (χ2v) is 4.93. The van der Waals surface area contributed by atoms with E-state index in [1.807, 2.05) is 6.92 Å². The van der Waals surface area contributed by atoms with Gasteiger partial charge in [-0.15, -0.1) is 0 Å². The van der Waals surface area contributed by atoms with Crippen molar-refractivity contribution in [3.05, 3.63) is 15.9 Å². The predicted octanol–water partition coefficient (Wildman–Crippen LogP) is 3.24. The highest BCUT2D eigenvalue weighted by Crippen LogP contribution is 2.25. The summed E-state index contributed by atoms with van der Waals surface area (Å²) in [6, 6.07) is 0. The SMILES string of the molecule is CCn1nc(CC(C)C)c(Br)c1C(=O)Cl. The predicted molar refractivity (Wildman–Crippen MR) is 64.3 cm³/mol. The Morgan fingerprint density at radius 3 is 2.53 bits per heavy atom. The van der Waals surface area contributed by atoms with Crippen LogP contribution in [0.4, 0.5) is 0 Å². The molecule has 0 saturated heterocycles. The molecule has 0 amide bonds. The van der Waals surface area contributed by atoms with E-state index in [9.17, 15) is 4.79 Å². The Balaban J connectivity index is 3.16. The monoisotopic (exact) mass is 292 g/mol. The molecule has 15 heavy (non-hydrogen) atoms. The van der Waals surface area contributed by atoms with E-state index in [2.05, 4.69) is 34.9 Å². The third kappa shape index (κ3) is 2.82. The van der Waals surface area contributed by atoms with E-state index in [0.717, 1.165) is 16.6 Å². The van der Waals surface area contributed by atoms with Gasteiger partial charge in [0.05, 0.1) is 10.2 Å². The van der Waals surface area contributed by atoms with Crippen molar-refractivity contribution in [1.29, 1.82) is 0 Å². The number of aryl methyl sites for hydroxylation is 1. The maximum atomic E-state index is 11.2. The summed E-state index contributed by atoms with van der Waals surface area (Å²) in [5, 5.41) is 3.89. The lowest BCUT2D eigenvalue weighted by Gasteiger charge is -2.00. The highest BCUT2D eigenvalue weighted by molar-refractivity contribution is 9.10. The molecule has 0 aliphatic heterocycles. The summed E-state index contributed by atoms with van der Waals surface area (Å²) >= 11 is 8.90. The normalized spacial score (nSPS) is 11.1. The molecule has 3 nitrogen and oxygen atoms in total. The van der Waals surface area contributed by atoms with Crippen LogP contribution < -0.4 is 0 Å². The molecule has 0 saturated carbocycles. The lowest BCUT2D eigenvalue weighted by molar-refractivity contribution is 0.107. The minimum absolute atomic E-state index is 0.454. The molecule has 1 rings (SSSR count). The van der Waals surface area contributed by atoms with E-state index in [1.165, 1.54) is 0 Å². The van der Waals surface area contributed by atoms with Gasteiger partial charge in [-0.2, -0.15) is 5.10 Å². The smallest absolute Gasteiger partial charge is 0.271 e. The van der Waals surface area contributed by atoms with Gasteiger partial charge in [0.1, 0.15) is 5.69 Å². The van der Waals surface area contributed by atoms with Crippen LogP contribution in [0.5, 0.6) is 0 Å². The average molecular weight is 294 g/mol. The zero-order valence-corrected chi connectivity index (χ0v) is 11.4. The lowest BCUT2D eigenvalue weighted by atomic mass is 10.1. The van der Waals surface area contributed by atoms with E-state index in [-0.39, 0.29) is 0 Å². The molecule has 1 heterocycles. The van der Waals surface area contributed by atoms with Crippen LogP contribution in [0.15, 0.2) is 4.47 Å². The van der Waals surface area contributed by atoms with Gasteiger partial charge in [-0.05, 0) is 46.8 Å². The number of carbonyl (C=O) groups excluding carboxylic acids is 1. The standard InChI is InChI=1S/C10H14BrClN2O/c1-4-14-9(10(12)15)8(11)7(13-14)5-6(2)3/h6H,4-5H2,1-3H3. The summed E-state index contributed by atoms with van der Waals surface area (Å²) in [5.74, 6) is 0.500. The zero-order chi connectivity index (χ0) is 11.6. The second kappa shape index (κ2) is 5.12. The topological polar surface area (TPSA) is 34.9 Å². The Bertz CT molecular complexity index is 374. The van der Waals surface area contributed by atoms with Crippen molar-refractivity contribution < 1.29 is 4.79 Å². The Labute approximate surface area is 103 Å². The first-order valence-electron chi connectivity index (χ1n) is 4.92. The second-order valence-electron chi connectivity index (χ2n) is 3.80. The molecule has 0 fully saturated rings. The lowest BCUT2D eigenvalue weighted by Crippen LogP contribution is -2.05. The number of aromatic nitrogens is 2. The van der Waals surface area contributed by atoms with Gasteiger partial charge in [-0.3, -0.25) is 9.48 Å². The molecular weight excluding hydrogens is 279 g/mol. The van der Waals surface area contributed by atoms with Gasteiger partial charge in [0.15, 0.2) is 0 Å². The number of carbonyl (C=O) groups is 1. The van der Waals surface area contributed by atoms with Crippen molar-refractivity contribution >= 4 is 32.8 Å². The first-order chi connectivity index (χ1) is 6.97. The van der Waals surface area contributed by atoms with E-state index < -0.39 is 5.24 Å². The third-order valence-corrected chi connectivity index (χ3v) is 3.06. The molecule has 0 unspecified atom stereocenters. The van der Waals surface area contributed by atoms with E-state index in [0.29, 0.717) is 18.2 Å². The van der Waals surface area contributed by atoms with Crippen LogP contribution in [-0.2, 0) is 13.0 Å². The fourth-order valence-electron chi connectivity index (χ4n) is 1.42. The van der Waals surface area contributed by atoms with Crippen LogP contribution in [0.3, 0.4) is 0 Å². The zero-order valence-electron chi connectivity index (χ0n) is 9.05. The van der Waals surface area contributed by atoms with Crippen molar-refractivity contribution in [3.8, 4) is 0 Å². The summed E-state index contributed by atoms with van der Waals surface area (Å²) in [6.07, 6.45) is 0.838. The number of rotatable bonds is 4. The van der Waals surface area contributed by atoms with Crippen molar-refractivity contribution in [2.45, 2.75) is 33.7 Å². The molecule has 0 N–H and O–H groups in total. The van der Waals surface area contributed by atoms with Gasteiger partial charge in [-0.1, -0.05) is 13.8 Å². The van der Waals surface area contributed by atoms with E-state index >= 15 is 0 Å². The summed E-state index contributed by atoms with van der Waals surface area (Å²) < 4.78 is 2.37. The first kappa shape index (κ1) is 12.7. The number of hydrogen-bond donors (Lipinski definition) is 0. The molecule has 1 aromatic rings. The summed E-state index contributed by atoms with van der Waals surface area (Å²) in [6.45, 7) is 6.80. The summed E-state index contributed by atoms with van der Waals surface area (Å²) in [5.41, 5.74) is 1.35. The van der Waals surface area contributed by atoms with Crippen molar-refractivity contribution in [2.75, 3.05) is 0 Å². The molecule has 0 bridgehead atoms. The van der Waals surface area contributed by atoms with Crippen molar-refractivity contribution in [1.82, 2.24) is 9.78 Å². The van der Waals surface area contributed by atoms with Gasteiger partial charge in [-0.25, -0.2) is 0 Å². The van der Waals surface area contributed by atoms with Gasteiger partial charge in [0.25, 0.3) is 5.24 Å². The fourth-order valence-corrected chi connectivity index (χ4v) is 2.36. The minimum Gasteiger partial charge on any atom is -0.274 e. The number of nitrogens with zero attached hydrogens (tertiary/aromatic N) is 2. The first-order valence-corrected chi connectivity index (χ1v) is 6.09. The molecule has 1 aromatic heterocycles. The molecule has 0 aliphatic rings. The Morgan fingerprint density at radius 2 is 2.20 bits per heavy atom. The van der Waals surface area contributed by atoms with E-state index in [1.54, 1.807) is 4.68 Å². The molecule has 0 aliphatic carbocycles. The minimum atomic E-state index is -0.466. The van der Waals surface area contributed by atoms with Gasteiger partial charge >= 0.3 is 0 Å². The Hall–Kier alpha value is -0.350. The van der Waals surface area contributed by atoms with Crippen LogP contribution in [0.2, 0.25) is 0 Å². The van der Waals surface area contributed by atoms with Crippen molar-refractivity contribution in [2.24, 2.45) is 5.92 Å². The Morgan fingerprint density at radius 1 is 1.60 bits per heavy atom. The summed E-state index contributed by atoms with van der Waals surface area (Å²) in [7, 11) is 0. The van der Waals surface area contributed by atoms with E-state index in [4.69, 9.17) is 11.6 Å².